The van der Waals surface area contributed by atoms with Crippen LogP contribution < -0.4 is 0 Å². The number of ether oxygens (including phenoxy) is 2. The molecule has 0 aromatic rings. The number of carbonyl (C=O) groups is 4. The predicted molar refractivity (Wildman–Crippen MR) is 99.2 cm³/mol. The molecule has 0 spiro atoms. The monoisotopic (exact) mass is 394 g/mol. The van der Waals surface area contributed by atoms with Crippen LogP contribution in [0.1, 0.15) is 33.6 Å². The van der Waals surface area contributed by atoms with E-state index in [0.717, 1.165) is 0 Å². The number of hydrogen-bond donors (Lipinski definition) is 2. The standard InChI is InChI=1S/C20H26O8/c1-11(2)17(23)27-10-13(5)9-20(19(25)26)8-6-7-14(15(20)16(21)22)28-18(24)12(3)4/h6,8,13-15H,1,3,7,9-10H2,2,4-5H3,(H,21,22)(H,25,26). The Morgan fingerprint density at radius 2 is 1.71 bits per heavy atom. The average Bonchev–Trinajstić information content (AvgIpc) is 2.58. The normalized spacial score (nSPS) is 24.7. The maximum atomic E-state index is 12.1. The van der Waals surface area contributed by atoms with Crippen molar-refractivity contribution in [3.05, 3.63) is 36.5 Å². The fourth-order valence-corrected chi connectivity index (χ4v) is 3.18. The Bertz CT molecular complexity index is 720. The van der Waals surface area contributed by atoms with Crippen LogP contribution in [0.25, 0.3) is 0 Å². The van der Waals surface area contributed by atoms with Crippen LogP contribution >= 0.6 is 0 Å². The van der Waals surface area contributed by atoms with Crippen molar-refractivity contribution in [1.82, 2.24) is 0 Å². The van der Waals surface area contributed by atoms with Gasteiger partial charge in [-0.3, -0.25) is 9.59 Å². The Kier molecular flexibility index (Phi) is 7.72. The van der Waals surface area contributed by atoms with Gasteiger partial charge in [0, 0.05) is 17.6 Å². The maximum Gasteiger partial charge on any atom is 0.333 e. The molecule has 8 heteroatoms. The lowest BCUT2D eigenvalue weighted by Crippen LogP contribution is -2.51. The van der Waals surface area contributed by atoms with Gasteiger partial charge in [-0.2, -0.15) is 0 Å². The lowest BCUT2D eigenvalue weighted by atomic mass is 9.64. The van der Waals surface area contributed by atoms with Gasteiger partial charge in [-0.25, -0.2) is 9.59 Å². The third-order valence-corrected chi connectivity index (χ3v) is 4.52. The number of aliphatic carboxylic acids is 2. The van der Waals surface area contributed by atoms with Crippen LogP contribution in [-0.2, 0) is 28.7 Å². The first-order valence-corrected chi connectivity index (χ1v) is 8.75. The van der Waals surface area contributed by atoms with Crippen LogP contribution in [0.4, 0.5) is 0 Å². The molecule has 8 nitrogen and oxygen atoms in total. The van der Waals surface area contributed by atoms with Gasteiger partial charge in [0.1, 0.15) is 17.4 Å². The SMILES string of the molecule is C=C(C)C(=O)OCC(C)CC1(C(=O)O)C=CCC(OC(=O)C(=C)C)C1C(=O)O. The summed E-state index contributed by atoms with van der Waals surface area (Å²) in [6.07, 6.45) is 1.62. The number of carbonyl (C=O) groups excluding carboxylic acids is 2. The molecule has 0 radical (unpaired) electrons. The minimum absolute atomic E-state index is 0.0735. The van der Waals surface area contributed by atoms with Gasteiger partial charge < -0.3 is 19.7 Å². The van der Waals surface area contributed by atoms with Gasteiger partial charge in [-0.15, -0.1) is 0 Å². The summed E-state index contributed by atoms with van der Waals surface area (Å²) in [6.45, 7) is 11.4. The molecule has 1 aliphatic carbocycles. The number of hydrogen-bond acceptors (Lipinski definition) is 6. The first kappa shape index (κ1) is 23.1. The molecule has 1 rings (SSSR count). The van der Waals surface area contributed by atoms with Crippen LogP contribution in [0.15, 0.2) is 36.5 Å². The minimum atomic E-state index is -1.82. The van der Waals surface area contributed by atoms with E-state index in [9.17, 15) is 29.4 Å². The van der Waals surface area contributed by atoms with Gasteiger partial charge in [-0.05, 0) is 26.2 Å². The topological polar surface area (TPSA) is 127 Å². The zero-order valence-corrected chi connectivity index (χ0v) is 16.3. The molecule has 0 amide bonds. The second kappa shape index (κ2) is 9.34. The second-order valence-electron chi connectivity index (χ2n) is 7.21. The van der Waals surface area contributed by atoms with E-state index in [0.29, 0.717) is 0 Å². The zero-order chi connectivity index (χ0) is 21.6. The zero-order valence-electron chi connectivity index (χ0n) is 16.3. The Hall–Kier alpha value is -2.90. The van der Waals surface area contributed by atoms with Gasteiger partial charge >= 0.3 is 23.9 Å². The van der Waals surface area contributed by atoms with Crippen molar-refractivity contribution < 1.29 is 38.9 Å². The van der Waals surface area contributed by atoms with Crippen LogP contribution in [0.3, 0.4) is 0 Å². The fraction of sp³-hybridized carbons (Fsp3) is 0.500. The van der Waals surface area contributed by atoms with E-state index in [1.807, 2.05) is 0 Å². The highest BCUT2D eigenvalue weighted by Crippen LogP contribution is 2.44. The molecule has 0 aliphatic heterocycles. The molecule has 4 atom stereocenters. The average molecular weight is 394 g/mol. The van der Waals surface area contributed by atoms with E-state index in [1.54, 1.807) is 6.92 Å². The van der Waals surface area contributed by atoms with E-state index >= 15 is 0 Å². The Labute approximate surface area is 163 Å². The van der Waals surface area contributed by atoms with E-state index in [4.69, 9.17) is 9.47 Å². The van der Waals surface area contributed by atoms with Crippen molar-refractivity contribution >= 4 is 23.9 Å². The van der Waals surface area contributed by atoms with Gasteiger partial charge in [-0.1, -0.05) is 32.2 Å². The van der Waals surface area contributed by atoms with Crippen LogP contribution in [0.5, 0.6) is 0 Å². The number of carboxylic acid groups (broad SMARTS) is 2. The summed E-state index contributed by atoms with van der Waals surface area (Å²) >= 11 is 0. The molecule has 28 heavy (non-hydrogen) atoms. The largest absolute Gasteiger partial charge is 0.481 e. The molecule has 0 saturated carbocycles. The molecule has 0 fully saturated rings. The van der Waals surface area contributed by atoms with Gasteiger partial charge in [0.05, 0.1) is 6.61 Å². The lowest BCUT2D eigenvalue weighted by Gasteiger charge is -2.40. The Morgan fingerprint density at radius 3 is 2.18 bits per heavy atom. The number of esters is 2. The van der Waals surface area contributed by atoms with Crippen LogP contribution in [0.2, 0.25) is 0 Å². The summed E-state index contributed by atoms with van der Waals surface area (Å²) in [6, 6.07) is 0. The summed E-state index contributed by atoms with van der Waals surface area (Å²) in [7, 11) is 0. The quantitative estimate of drug-likeness (QED) is 0.347. The molecule has 4 unspecified atom stereocenters. The molecule has 154 valence electrons. The van der Waals surface area contributed by atoms with Gasteiger partial charge in [0.15, 0.2) is 0 Å². The molecule has 0 heterocycles. The summed E-state index contributed by atoms with van der Waals surface area (Å²) in [5.41, 5.74) is -1.54. The molecule has 0 bridgehead atoms. The summed E-state index contributed by atoms with van der Waals surface area (Å²) < 4.78 is 10.3. The van der Waals surface area contributed by atoms with Crippen molar-refractivity contribution in [2.24, 2.45) is 17.3 Å². The van der Waals surface area contributed by atoms with Gasteiger partial charge in [0.2, 0.25) is 0 Å². The van der Waals surface area contributed by atoms with Crippen LogP contribution in [0, 0.1) is 17.3 Å². The van der Waals surface area contributed by atoms with Crippen molar-refractivity contribution in [3.8, 4) is 0 Å². The molecule has 0 aromatic heterocycles. The van der Waals surface area contributed by atoms with Crippen molar-refractivity contribution in [1.29, 1.82) is 0 Å². The van der Waals surface area contributed by atoms with Gasteiger partial charge in [0.25, 0.3) is 0 Å². The fourth-order valence-electron chi connectivity index (χ4n) is 3.18. The first-order valence-electron chi connectivity index (χ1n) is 8.75. The highest BCUT2D eigenvalue weighted by Gasteiger charge is 2.54. The number of carboxylic acids is 2. The third kappa shape index (κ3) is 5.31. The highest BCUT2D eigenvalue weighted by molar-refractivity contribution is 5.89. The Morgan fingerprint density at radius 1 is 1.14 bits per heavy atom. The van der Waals surface area contributed by atoms with Crippen molar-refractivity contribution in [2.75, 3.05) is 6.61 Å². The Balaban J connectivity index is 3.14. The molecular formula is C20H26O8. The highest BCUT2D eigenvalue weighted by atomic mass is 16.5. The number of rotatable bonds is 9. The van der Waals surface area contributed by atoms with E-state index in [1.165, 1.54) is 26.0 Å². The summed E-state index contributed by atoms with van der Waals surface area (Å²) in [5.74, 6) is -6.12. The molecule has 0 aromatic carbocycles. The van der Waals surface area contributed by atoms with E-state index < -0.39 is 47.2 Å². The molecule has 2 N–H and O–H groups in total. The molecule has 1 aliphatic rings. The summed E-state index contributed by atoms with van der Waals surface area (Å²) in [5, 5.41) is 19.6. The maximum absolute atomic E-state index is 12.1. The van der Waals surface area contributed by atoms with Crippen molar-refractivity contribution in [2.45, 2.75) is 39.7 Å². The second-order valence-corrected chi connectivity index (χ2v) is 7.21. The van der Waals surface area contributed by atoms with Crippen LogP contribution in [-0.4, -0.2) is 46.8 Å². The van der Waals surface area contributed by atoms with E-state index in [2.05, 4.69) is 13.2 Å². The third-order valence-electron chi connectivity index (χ3n) is 4.52. The lowest BCUT2D eigenvalue weighted by molar-refractivity contribution is -0.174. The van der Waals surface area contributed by atoms with Crippen molar-refractivity contribution in [3.63, 3.8) is 0 Å². The molecule has 0 saturated heterocycles. The first-order chi connectivity index (χ1) is 12.9. The predicted octanol–water partition coefficient (Wildman–Crippen LogP) is 2.35. The summed E-state index contributed by atoms with van der Waals surface area (Å²) in [4.78, 5) is 47.5. The minimum Gasteiger partial charge on any atom is -0.481 e. The molecular weight excluding hydrogens is 368 g/mol. The smallest absolute Gasteiger partial charge is 0.333 e. The van der Waals surface area contributed by atoms with E-state index in [-0.39, 0.29) is 30.6 Å².